The van der Waals surface area contributed by atoms with Crippen molar-refractivity contribution in [2.45, 2.75) is 32.6 Å². The Labute approximate surface area is 70.0 Å². The Bertz CT molecular complexity index is 136. The fraction of sp³-hybridized carbons (Fsp3) is 0.636. The average molecular weight is 150 g/mol. The van der Waals surface area contributed by atoms with E-state index in [-0.39, 0.29) is 0 Å². The number of allylic oxidation sites excluding steroid dienone is 3. The molecule has 0 heteroatoms. The topological polar surface area (TPSA) is 0 Å². The van der Waals surface area contributed by atoms with Gasteiger partial charge in [-0.25, -0.2) is 0 Å². The van der Waals surface area contributed by atoms with Gasteiger partial charge in [-0.2, -0.15) is 0 Å². The molecule has 0 spiro atoms. The second-order valence-corrected chi connectivity index (χ2v) is 3.67. The normalized spacial score (nSPS) is 20.5. The van der Waals surface area contributed by atoms with E-state index in [9.17, 15) is 0 Å². The minimum atomic E-state index is 0.831. The van der Waals surface area contributed by atoms with Crippen molar-refractivity contribution >= 4 is 0 Å². The van der Waals surface area contributed by atoms with E-state index in [2.05, 4.69) is 25.7 Å². The van der Waals surface area contributed by atoms with Crippen molar-refractivity contribution in [1.29, 1.82) is 0 Å². The van der Waals surface area contributed by atoms with Crippen molar-refractivity contribution in [3.63, 3.8) is 0 Å². The summed E-state index contributed by atoms with van der Waals surface area (Å²) < 4.78 is 0. The summed E-state index contributed by atoms with van der Waals surface area (Å²) in [6.07, 6.45) is 11.8. The van der Waals surface area contributed by atoms with Gasteiger partial charge in [0, 0.05) is 0 Å². The highest BCUT2D eigenvalue weighted by Crippen LogP contribution is 2.26. The first-order chi connectivity index (χ1) is 5.33. The van der Waals surface area contributed by atoms with E-state index in [0.717, 1.165) is 11.8 Å². The van der Waals surface area contributed by atoms with Gasteiger partial charge in [-0.1, -0.05) is 25.2 Å². The highest BCUT2D eigenvalue weighted by atomic mass is 14.2. The summed E-state index contributed by atoms with van der Waals surface area (Å²) in [5.74, 6) is 1.77. The van der Waals surface area contributed by atoms with E-state index < -0.39 is 0 Å². The Kier molecular flexibility index (Phi) is 3.41. The molecule has 0 N–H and O–H groups in total. The summed E-state index contributed by atoms with van der Waals surface area (Å²) >= 11 is 0. The largest absolute Gasteiger partial charge is 0.103 e. The maximum absolute atomic E-state index is 3.76. The van der Waals surface area contributed by atoms with Gasteiger partial charge in [-0.3, -0.25) is 0 Å². The second-order valence-electron chi connectivity index (χ2n) is 3.67. The zero-order chi connectivity index (χ0) is 8.10. The molecule has 0 amide bonds. The average Bonchev–Trinajstić information content (AvgIpc) is 2.40. The van der Waals surface area contributed by atoms with Crippen molar-refractivity contribution in [2.75, 3.05) is 0 Å². The van der Waals surface area contributed by atoms with Crippen LogP contribution in [0, 0.1) is 11.8 Å². The zero-order valence-corrected chi connectivity index (χ0v) is 7.42. The molecule has 1 aliphatic rings. The minimum absolute atomic E-state index is 0.831. The van der Waals surface area contributed by atoms with Crippen LogP contribution in [0.3, 0.4) is 0 Å². The van der Waals surface area contributed by atoms with Crippen molar-refractivity contribution in [3.05, 3.63) is 24.8 Å². The van der Waals surface area contributed by atoms with Crippen LogP contribution in [0.1, 0.15) is 32.6 Å². The molecule has 1 unspecified atom stereocenters. The molecule has 1 atom stereocenters. The Hall–Kier alpha value is -0.520. The summed E-state index contributed by atoms with van der Waals surface area (Å²) in [5, 5.41) is 0. The monoisotopic (exact) mass is 150 g/mol. The van der Waals surface area contributed by atoms with Gasteiger partial charge in [0.1, 0.15) is 0 Å². The molecule has 0 heterocycles. The summed E-state index contributed by atoms with van der Waals surface area (Å²) in [5.41, 5.74) is 0. The van der Waals surface area contributed by atoms with Gasteiger partial charge in [-0.05, 0) is 37.5 Å². The highest BCUT2D eigenvalue weighted by molar-refractivity contribution is 4.94. The predicted octanol–water partition coefficient (Wildman–Crippen LogP) is 3.55. The summed E-state index contributed by atoms with van der Waals surface area (Å²) in [6.45, 7) is 6.08. The Morgan fingerprint density at radius 1 is 1.55 bits per heavy atom. The Morgan fingerprint density at radius 3 is 2.73 bits per heavy atom. The van der Waals surface area contributed by atoms with Crippen LogP contribution in [0.4, 0.5) is 0 Å². The van der Waals surface area contributed by atoms with E-state index >= 15 is 0 Å². The minimum Gasteiger partial charge on any atom is -0.103 e. The SMILES string of the molecule is C=CCC(C)CC1CC=CC1. The first-order valence-electron chi connectivity index (χ1n) is 4.58. The summed E-state index contributed by atoms with van der Waals surface area (Å²) in [4.78, 5) is 0. The molecule has 0 fully saturated rings. The van der Waals surface area contributed by atoms with Crippen molar-refractivity contribution in [3.8, 4) is 0 Å². The van der Waals surface area contributed by atoms with Crippen molar-refractivity contribution in [1.82, 2.24) is 0 Å². The summed E-state index contributed by atoms with van der Waals surface area (Å²) in [7, 11) is 0. The van der Waals surface area contributed by atoms with Crippen LogP contribution < -0.4 is 0 Å². The lowest BCUT2D eigenvalue weighted by Crippen LogP contribution is -2.01. The molecule has 0 aromatic rings. The van der Waals surface area contributed by atoms with Crippen LogP contribution in [0.5, 0.6) is 0 Å². The lowest BCUT2D eigenvalue weighted by Gasteiger charge is -2.13. The molecule has 0 aromatic heterocycles. The second kappa shape index (κ2) is 4.38. The van der Waals surface area contributed by atoms with Gasteiger partial charge in [0.2, 0.25) is 0 Å². The van der Waals surface area contributed by atoms with Gasteiger partial charge in [0.25, 0.3) is 0 Å². The Morgan fingerprint density at radius 2 is 2.18 bits per heavy atom. The highest BCUT2D eigenvalue weighted by Gasteiger charge is 2.12. The molecule has 1 aliphatic carbocycles. The number of hydrogen-bond donors (Lipinski definition) is 0. The lowest BCUT2D eigenvalue weighted by atomic mass is 9.92. The molecule has 1 rings (SSSR count). The quantitative estimate of drug-likeness (QED) is 0.537. The molecule has 11 heavy (non-hydrogen) atoms. The van der Waals surface area contributed by atoms with Crippen LogP contribution in [-0.4, -0.2) is 0 Å². The fourth-order valence-corrected chi connectivity index (χ4v) is 1.82. The molecular weight excluding hydrogens is 132 g/mol. The number of hydrogen-bond acceptors (Lipinski definition) is 0. The molecule has 0 bridgehead atoms. The summed E-state index contributed by atoms with van der Waals surface area (Å²) in [6, 6.07) is 0. The molecule has 0 aliphatic heterocycles. The van der Waals surface area contributed by atoms with Gasteiger partial charge in [-0.15, -0.1) is 6.58 Å². The first-order valence-corrected chi connectivity index (χ1v) is 4.58. The first kappa shape index (κ1) is 8.58. The third-order valence-corrected chi connectivity index (χ3v) is 2.41. The van der Waals surface area contributed by atoms with Gasteiger partial charge < -0.3 is 0 Å². The van der Waals surface area contributed by atoms with Crippen LogP contribution in [0.15, 0.2) is 24.8 Å². The van der Waals surface area contributed by atoms with Crippen LogP contribution in [0.25, 0.3) is 0 Å². The molecule has 0 saturated heterocycles. The third-order valence-electron chi connectivity index (χ3n) is 2.41. The lowest BCUT2D eigenvalue weighted by molar-refractivity contribution is 0.410. The van der Waals surface area contributed by atoms with E-state index in [1.165, 1.54) is 25.7 Å². The van der Waals surface area contributed by atoms with Crippen molar-refractivity contribution in [2.24, 2.45) is 11.8 Å². The van der Waals surface area contributed by atoms with Crippen LogP contribution in [0.2, 0.25) is 0 Å². The van der Waals surface area contributed by atoms with E-state index in [1.54, 1.807) is 0 Å². The van der Waals surface area contributed by atoms with Gasteiger partial charge in [0.05, 0.1) is 0 Å². The van der Waals surface area contributed by atoms with Gasteiger partial charge >= 0.3 is 0 Å². The van der Waals surface area contributed by atoms with E-state index in [0.29, 0.717) is 0 Å². The zero-order valence-electron chi connectivity index (χ0n) is 7.42. The Balaban J connectivity index is 2.14. The van der Waals surface area contributed by atoms with Crippen LogP contribution in [-0.2, 0) is 0 Å². The van der Waals surface area contributed by atoms with Gasteiger partial charge in [0.15, 0.2) is 0 Å². The number of rotatable bonds is 4. The smallest absolute Gasteiger partial charge is 0.0319 e. The maximum atomic E-state index is 3.76. The molecule has 62 valence electrons. The standard InChI is InChI=1S/C11H18/c1-3-6-10(2)9-11-7-4-5-8-11/h3-5,10-11H,1,6-9H2,2H3. The molecular formula is C11H18. The fourth-order valence-electron chi connectivity index (χ4n) is 1.82. The van der Waals surface area contributed by atoms with E-state index in [4.69, 9.17) is 0 Å². The van der Waals surface area contributed by atoms with E-state index in [1.807, 2.05) is 6.08 Å². The molecule has 0 nitrogen and oxygen atoms in total. The van der Waals surface area contributed by atoms with Crippen molar-refractivity contribution < 1.29 is 0 Å². The molecule has 0 radical (unpaired) electrons. The molecule has 0 saturated carbocycles. The third kappa shape index (κ3) is 2.92. The molecule has 0 aromatic carbocycles. The maximum Gasteiger partial charge on any atom is -0.0319 e. The van der Waals surface area contributed by atoms with Crippen LogP contribution >= 0.6 is 0 Å². The predicted molar refractivity (Wildman–Crippen MR) is 50.5 cm³/mol.